The zero-order valence-electron chi connectivity index (χ0n) is 16.7. The molecule has 7 heteroatoms. The molecule has 1 aromatic carbocycles. The standard InChI is InChI=1S/C21H33N3O4/c1-2-3-4-5-6-7-8-9-10-11-20(27)22-16-21(28)24-23-15-17-12-13-18(25)14-19(17)26/h12-15,25-26H,2-11,16H2,1H3,(H,22,27)(H,24,28)/b23-15+. The number of carbonyl (C=O) groups is 2. The monoisotopic (exact) mass is 391 g/mol. The third-order valence-electron chi connectivity index (χ3n) is 4.36. The van der Waals surface area contributed by atoms with E-state index < -0.39 is 5.91 Å². The zero-order valence-corrected chi connectivity index (χ0v) is 16.7. The molecule has 0 bridgehead atoms. The lowest BCUT2D eigenvalue weighted by atomic mass is 10.1. The van der Waals surface area contributed by atoms with Crippen LogP contribution in [0.3, 0.4) is 0 Å². The number of nitrogens with zero attached hydrogens (tertiary/aromatic N) is 1. The number of phenolic OH excluding ortho intramolecular Hbond substituents is 2. The van der Waals surface area contributed by atoms with Crippen molar-refractivity contribution in [2.45, 2.75) is 71.1 Å². The normalized spacial score (nSPS) is 10.9. The van der Waals surface area contributed by atoms with Gasteiger partial charge in [-0.25, -0.2) is 5.43 Å². The highest BCUT2D eigenvalue weighted by atomic mass is 16.3. The van der Waals surface area contributed by atoms with Crippen LogP contribution in [0.15, 0.2) is 23.3 Å². The smallest absolute Gasteiger partial charge is 0.259 e. The van der Waals surface area contributed by atoms with E-state index in [-0.39, 0.29) is 24.0 Å². The van der Waals surface area contributed by atoms with Crippen molar-refractivity contribution in [1.82, 2.24) is 10.7 Å². The average Bonchev–Trinajstić information content (AvgIpc) is 2.67. The molecule has 0 atom stereocenters. The van der Waals surface area contributed by atoms with Gasteiger partial charge in [-0.15, -0.1) is 0 Å². The minimum atomic E-state index is -0.449. The fourth-order valence-electron chi connectivity index (χ4n) is 2.72. The van der Waals surface area contributed by atoms with Crippen LogP contribution in [0.25, 0.3) is 0 Å². The third-order valence-corrected chi connectivity index (χ3v) is 4.36. The Kier molecular flexibility index (Phi) is 12.1. The van der Waals surface area contributed by atoms with E-state index in [9.17, 15) is 19.8 Å². The number of hydrazone groups is 1. The van der Waals surface area contributed by atoms with Gasteiger partial charge in [-0.05, 0) is 18.6 Å². The Hall–Kier alpha value is -2.57. The lowest BCUT2D eigenvalue weighted by Crippen LogP contribution is -2.34. The van der Waals surface area contributed by atoms with Gasteiger partial charge in [0.2, 0.25) is 5.91 Å². The van der Waals surface area contributed by atoms with E-state index in [1.165, 1.54) is 62.9 Å². The Morgan fingerprint density at radius 2 is 1.61 bits per heavy atom. The molecule has 0 unspecified atom stereocenters. The molecular weight excluding hydrogens is 358 g/mol. The number of phenols is 2. The van der Waals surface area contributed by atoms with E-state index in [0.29, 0.717) is 12.0 Å². The molecule has 2 amide bonds. The summed E-state index contributed by atoms with van der Waals surface area (Å²) in [6.45, 7) is 2.07. The van der Waals surface area contributed by atoms with Crippen molar-refractivity contribution < 1.29 is 19.8 Å². The molecule has 156 valence electrons. The second-order valence-corrected chi connectivity index (χ2v) is 6.89. The van der Waals surface area contributed by atoms with Crippen molar-refractivity contribution in [1.29, 1.82) is 0 Å². The molecule has 0 heterocycles. The Bertz CT molecular complexity index is 632. The van der Waals surface area contributed by atoms with Crippen LogP contribution in [-0.4, -0.2) is 34.8 Å². The quantitative estimate of drug-likeness (QED) is 0.221. The molecule has 0 spiro atoms. The topological polar surface area (TPSA) is 111 Å². The van der Waals surface area contributed by atoms with Gasteiger partial charge in [0.1, 0.15) is 11.5 Å². The van der Waals surface area contributed by atoms with Gasteiger partial charge >= 0.3 is 0 Å². The second kappa shape index (κ2) is 14.5. The molecule has 28 heavy (non-hydrogen) atoms. The Balaban J connectivity index is 2.06. The molecule has 4 N–H and O–H groups in total. The summed E-state index contributed by atoms with van der Waals surface area (Å²) in [7, 11) is 0. The van der Waals surface area contributed by atoms with Gasteiger partial charge in [0.25, 0.3) is 5.91 Å². The first-order valence-electron chi connectivity index (χ1n) is 10.1. The molecule has 0 aliphatic rings. The number of amides is 2. The summed E-state index contributed by atoms with van der Waals surface area (Å²) < 4.78 is 0. The van der Waals surface area contributed by atoms with Gasteiger partial charge < -0.3 is 15.5 Å². The first-order chi connectivity index (χ1) is 13.5. The first kappa shape index (κ1) is 23.5. The van der Waals surface area contributed by atoms with Crippen LogP contribution >= 0.6 is 0 Å². The van der Waals surface area contributed by atoms with Crippen LogP contribution in [0.5, 0.6) is 11.5 Å². The summed E-state index contributed by atoms with van der Waals surface area (Å²) in [4.78, 5) is 23.4. The molecule has 0 aliphatic carbocycles. The van der Waals surface area contributed by atoms with Crippen molar-refractivity contribution >= 4 is 18.0 Å². The summed E-state index contributed by atoms with van der Waals surface area (Å²) in [5, 5.41) is 25.1. The maximum absolute atomic E-state index is 11.7. The van der Waals surface area contributed by atoms with Gasteiger partial charge in [0.05, 0.1) is 12.8 Å². The summed E-state index contributed by atoms with van der Waals surface area (Å²) in [5.41, 5.74) is 2.63. The SMILES string of the molecule is CCCCCCCCCCCC(=O)NCC(=O)N/N=C/c1ccc(O)cc1O. The molecule has 0 aliphatic heterocycles. The van der Waals surface area contributed by atoms with Crippen LogP contribution in [0, 0.1) is 0 Å². The van der Waals surface area contributed by atoms with Gasteiger partial charge in [-0.1, -0.05) is 58.3 Å². The number of rotatable bonds is 14. The molecule has 0 aromatic heterocycles. The maximum Gasteiger partial charge on any atom is 0.259 e. The Morgan fingerprint density at radius 1 is 0.964 bits per heavy atom. The number of hydrogen-bond acceptors (Lipinski definition) is 5. The number of unbranched alkanes of at least 4 members (excludes halogenated alkanes) is 8. The molecule has 0 radical (unpaired) electrons. The lowest BCUT2D eigenvalue weighted by Gasteiger charge is -2.05. The molecule has 1 aromatic rings. The summed E-state index contributed by atoms with van der Waals surface area (Å²) in [6, 6.07) is 4.04. The van der Waals surface area contributed by atoms with Gasteiger partial charge in [0, 0.05) is 18.1 Å². The molecule has 0 fully saturated rings. The number of benzene rings is 1. The fourth-order valence-corrected chi connectivity index (χ4v) is 2.72. The Morgan fingerprint density at radius 3 is 2.25 bits per heavy atom. The van der Waals surface area contributed by atoms with Crippen molar-refractivity contribution in [3.05, 3.63) is 23.8 Å². The van der Waals surface area contributed by atoms with E-state index in [0.717, 1.165) is 19.3 Å². The minimum absolute atomic E-state index is 0.0617. The highest BCUT2D eigenvalue weighted by molar-refractivity contribution is 5.87. The Labute approximate surface area is 167 Å². The van der Waals surface area contributed by atoms with E-state index in [4.69, 9.17) is 0 Å². The van der Waals surface area contributed by atoms with E-state index >= 15 is 0 Å². The zero-order chi connectivity index (χ0) is 20.6. The molecule has 0 saturated carbocycles. The predicted molar refractivity (Wildman–Crippen MR) is 110 cm³/mol. The molecule has 1 rings (SSSR count). The highest BCUT2D eigenvalue weighted by Crippen LogP contribution is 2.20. The number of carbonyl (C=O) groups excluding carboxylic acids is 2. The largest absolute Gasteiger partial charge is 0.508 e. The molecule has 7 nitrogen and oxygen atoms in total. The minimum Gasteiger partial charge on any atom is -0.508 e. The van der Waals surface area contributed by atoms with Crippen molar-refractivity contribution in [2.24, 2.45) is 5.10 Å². The van der Waals surface area contributed by atoms with Crippen LogP contribution in [-0.2, 0) is 9.59 Å². The van der Waals surface area contributed by atoms with Crippen LogP contribution < -0.4 is 10.7 Å². The highest BCUT2D eigenvalue weighted by Gasteiger charge is 2.05. The molecule has 0 saturated heterocycles. The van der Waals surface area contributed by atoms with Gasteiger partial charge in [0.15, 0.2) is 0 Å². The van der Waals surface area contributed by atoms with E-state index in [1.807, 2.05) is 0 Å². The number of aromatic hydroxyl groups is 2. The van der Waals surface area contributed by atoms with Crippen molar-refractivity contribution in [3.63, 3.8) is 0 Å². The third kappa shape index (κ3) is 11.2. The predicted octanol–water partition coefficient (Wildman–Crippen LogP) is 3.59. The van der Waals surface area contributed by atoms with E-state index in [1.54, 1.807) is 0 Å². The second-order valence-electron chi connectivity index (χ2n) is 6.89. The summed E-state index contributed by atoms with van der Waals surface area (Å²) >= 11 is 0. The van der Waals surface area contributed by atoms with Gasteiger partial charge in [-0.2, -0.15) is 5.10 Å². The van der Waals surface area contributed by atoms with Crippen LogP contribution in [0.1, 0.15) is 76.7 Å². The number of nitrogens with one attached hydrogen (secondary N) is 2. The first-order valence-corrected chi connectivity index (χ1v) is 10.1. The fraction of sp³-hybridized carbons (Fsp3) is 0.571. The van der Waals surface area contributed by atoms with E-state index in [2.05, 4.69) is 22.8 Å². The summed E-state index contributed by atoms with van der Waals surface area (Å²) in [5.74, 6) is -0.797. The molecular formula is C21H33N3O4. The summed E-state index contributed by atoms with van der Waals surface area (Å²) in [6.07, 6.45) is 12.4. The van der Waals surface area contributed by atoms with Gasteiger partial charge in [-0.3, -0.25) is 9.59 Å². The lowest BCUT2D eigenvalue weighted by molar-refractivity contribution is -0.126. The average molecular weight is 392 g/mol. The van der Waals surface area contributed by atoms with Crippen molar-refractivity contribution in [2.75, 3.05) is 6.54 Å². The van der Waals surface area contributed by atoms with Crippen molar-refractivity contribution in [3.8, 4) is 11.5 Å². The van der Waals surface area contributed by atoms with Crippen LogP contribution in [0.2, 0.25) is 0 Å². The van der Waals surface area contributed by atoms with Crippen LogP contribution in [0.4, 0.5) is 0 Å². The maximum atomic E-state index is 11.7. The number of hydrogen-bond donors (Lipinski definition) is 4.